The van der Waals surface area contributed by atoms with Gasteiger partial charge in [0.1, 0.15) is 25.9 Å². The minimum Gasteiger partial charge on any atom is -0.486 e. The Hall–Kier alpha value is -3.35. The normalized spacial score (nSPS) is 13.9. The molecule has 3 aromatic rings. The van der Waals surface area contributed by atoms with Crippen LogP contribution in [0.3, 0.4) is 0 Å². The monoisotopic (exact) mass is 350 g/mol. The number of benzene rings is 2. The average Bonchev–Trinajstić information content (AvgIpc) is 3.22. The molecule has 1 aromatic heterocycles. The molecule has 1 atom stereocenters. The topological polar surface area (TPSA) is 78.3 Å². The van der Waals surface area contributed by atoms with Crippen LogP contribution < -0.4 is 14.8 Å². The molecule has 7 nitrogen and oxygen atoms in total. The number of aromatic nitrogens is 3. The molecular formula is C19H18N4O3. The molecule has 1 aliphatic rings. The number of fused-ring (bicyclic) bond motifs is 1. The molecule has 0 bridgehead atoms. The maximum Gasteiger partial charge on any atom is 0.251 e. The van der Waals surface area contributed by atoms with Crippen LogP contribution in [0.15, 0.2) is 55.1 Å². The van der Waals surface area contributed by atoms with Crippen LogP contribution in [0.2, 0.25) is 0 Å². The Morgan fingerprint density at radius 3 is 2.62 bits per heavy atom. The van der Waals surface area contributed by atoms with Crippen molar-refractivity contribution in [2.75, 3.05) is 13.2 Å². The SMILES string of the molecule is CC(NC(=O)c1ccc(-n2cncn2)cc1)c1ccc2c(c1)OCCO2. The van der Waals surface area contributed by atoms with Crippen LogP contribution >= 0.6 is 0 Å². The summed E-state index contributed by atoms with van der Waals surface area (Å²) in [5, 5.41) is 7.07. The van der Waals surface area contributed by atoms with Crippen LogP contribution in [0.25, 0.3) is 5.69 Å². The summed E-state index contributed by atoms with van der Waals surface area (Å²) in [5.74, 6) is 1.31. The van der Waals surface area contributed by atoms with Crippen LogP contribution in [0, 0.1) is 0 Å². The first kappa shape index (κ1) is 16.1. The third-order valence-corrected chi connectivity index (χ3v) is 4.23. The lowest BCUT2D eigenvalue weighted by Gasteiger charge is -2.21. The highest BCUT2D eigenvalue weighted by Crippen LogP contribution is 2.32. The smallest absolute Gasteiger partial charge is 0.251 e. The lowest BCUT2D eigenvalue weighted by molar-refractivity contribution is 0.0939. The summed E-state index contributed by atoms with van der Waals surface area (Å²) in [6.07, 6.45) is 3.08. The number of ether oxygens (including phenoxy) is 2. The van der Waals surface area contributed by atoms with Gasteiger partial charge in [-0.1, -0.05) is 6.07 Å². The molecule has 0 fully saturated rings. The van der Waals surface area contributed by atoms with Crippen LogP contribution in [0.1, 0.15) is 28.9 Å². The minimum atomic E-state index is -0.159. The zero-order chi connectivity index (χ0) is 17.9. The molecule has 0 aliphatic carbocycles. The molecule has 0 saturated carbocycles. The molecular weight excluding hydrogens is 332 g/mol. The van der Waals surface area contributed by atoms with E-state index < -0.39 is 0 Å². The molecule has 1 unspecified atom stereocenters. The summed E-state index contributed by atoms with van der Waals surface area (Å²) in [5.41, 5.74) is 2.39. The number of hydrogen-bond acceptors (Lipinski definition) is 5. The van der Waals surface area contributed by atoms with Gasteiger partial charge in [0, 0.05) is 5.56 Å². The predicted molar refractivity (Wildman–Crippen MR) is 94.7 cm³/mol. The van der Waals surface area contributed by atoms with Crippen LogP contribution in [-0.4, -0.2) is 33.9 Å². The lowest BCUT2D eigenvalue weighted by atomic mass is 10.1. The van der Waals surface area contributed by atoms with E-state index >= 15 is 0 Å². The van der Waals surface area contributed by atoms with Gasteiger partial charge in [-0.25, -0.2) is 9.67 Å². The number of hydrogen-bond donors (Lipinski definition) is 1. The molecule has 0 saturated heterocycles. The van der Waals surface area contributed by atoms with E-state index in [0.717, 1.165) is 17.0 Å². The highest BCUT2D eigenvalue weighted by Gasteiger charge is 2.16. The van der Waals surface area contributed by atoms with Gasteiger partial charge in [0.25, 0.3) is 5.91 Å². The van der Waals surface area contributed by atoms with Crippen molar-refractivity contribution < 1.29 is 14.3 Å². The largest absolute Gasteiger partial charge is 0.486 e. The van der Waals surface area contributed by atoms with E-state index in [1.165, 1.54) is 6.33 Å². The van der Waals surface area contributed by atoms with Crippen molar-refractivity contribution in [2.24, 2.45) is 0 Å². The number of nitrogens with one attached hydrogen (secondary N) is 1. The molecule has 0 radical (unpaired) electrons. The Bertz CT molecular complexity index is 907. The van der Waals surface area contributed by atoms with Gasteiger partial charge >= 0.3 is 0 Å². The summed E-state index contributed by atoms with van der Waals surface area (Å²) in [6, 6.07) is 12.8. The second-order valence-electron chi connectivity index (χ2n) is 5.99. The van der Waals surface area contributed by atoms with E-state index in [0.29, 0.717) is 24.5 Å². The third kappa shape index (κ3) is 3.23. The quantitative estimate of drug-likeness (QED) is 0.782. The first-order chi connectivity index (χ1) is 12.7. The van der Waals surface area contributed by atoms with Gasteiger partial charge in [-0.15, -0.1) is 0 Å². The molecule has 2 heterocycles. The highest BCUT2D eigenvalue weighted by molar-refractivity contribution is 5.94. The van der Waals surface area contributed by atoms with E-state index in [2.05, 4.69) is 15.4 Å². The molecule has 132 valence electrons. The second-order valence-corrected chi connectivity index (χ2v) is 5.99. The fraction of sp³-hybridized carbons (Fsp3) is 0.211. The first-order valence-corrected chi connectivity index (χ1v) is 8.36. The Balaban J connectivity index is 1.45. The zero-order valence-corrected chi connectivity index (χ0v) is 14.3. The van der Waals surface area contributed by atoms with Gasteiger partial charge in [-0.2, -0.15) is 5.10 Å². The van der Waals surface area contributed by atoms with Crippen molar-refractivity contribution in [3.8, 4) is 17.2 Å². The summed E-state index contributed by atoms with van der Waals surface area (Å²) >= 11 is 0. The summed E-state index contributed by atoms with van der Waals surface area (Å²) in [7, 11) is 0. The van der Waals surface area contributed by atoms with Crippen LogP contribution in [0.5, 0.6) is 11.5 Å². The zero-order valence-electron chi connectivity index (χ0n) is 14.3. The van der Waals surface area contributed by atoms with Gasteiger partial charge in [0.05, 0.1) is 11.7 Å². The Labute approximate surface area is 150 Å². The number of nitrogens with zero attached hydrogens (tertiary/aromatic N) is 3. The predicted octanol–water partition coefficient (Wildman–Crippen LogP) is 2.53. The van der Waals surface area contributed by atoms with Gasteiger partial charge < -0.3 is 14.8 Å². The third-order valence-electron chi connectivity index (χ3n) is 4.23. The van der Waals surface area contributed by atoms with Crippen molar-refractivity contribution >= 4 is 5.91 Å². The number of carbonyl (C=O) groups is 1. The van der Waals surface area contributed by atoms with E-state index in [-0.39, 0.29) is 11.9 Å². The Morgan fingerprint density at radius 1 is 1.12 bits per heavy atom. The molecule has 7 heteroatoms. The van der Waals surface area contributed by atoms with Gasteiger partial charge in [-0.05, 0) is 48.9 Å². The molecule has 1 aliphatic heterocycles. The van der Waals surface area contributed by atoms with Crippen molar-refractivity contribution in [3.63, 3.8) is 0 Å². The van der Waals surface area contributed by atoms with Crippen molar-refractivity contribution in [1.82, 2.24) is 20.1 Å². The van der Waals surface area contributed by atoms with Crippen molar-refractivity contribution in [1.29, 1.82) is 0 Å². The van der Waals surface area contributed by atoms with E-state index in [1.54, 1.807) is 23.1 Å². The number of amides is 1. The molecule has 26 heavy (non-hydrogen) atoms. The van der Waals surface area contributed by atoms with E-state index in [9.17, 15) is 4.79 Å². The number of carbonyl (C=O) groups excluding carboxylic acids is 1. The molecule has 0 spiro atoms. The fourth-order valence-corrected chi connectivity index (χ4v) is 2.80. The molecule has 4 rings (SSSR count). The molecule has 2 aromatic carbocycles. The summed E-state index contributed by atoms with van der Waals surface area (Å²) in [6.45, 7) is 3.03. The summed E-state index contributed by atoms with van der Waals surface area (Å²) < 4.78 is 12.8. The lowest BCUT2D eigenvalue weighted by Crippen LogP contribution is -2.26. The van der Waals surface area contributed by atoms with Crippen LogP contribution in [0.4, 0.5) is 0 Å². The van der Waals surface area contributed by atoms with E-state index in [1.807, 2.05) is 37.3 Å². The maximum absolute atomic E-state index is 12.5. The van der Waals surface area contributed by atoms with E-state index in [4.69, 9.17) is 9.47 Å². The van der Waals surface area contributed by atoms with Gasteiger partial charge in [-0.3, -0.25) is 4.79 Å². The minimum absolute atomic E-state index is 0.141. The van der Waals surface area contributed by atoms with Gasteiger partial charge in [0.2, 0.25) is 0 Å². The summed E-state index contributed by atoms with van der Waals surface area (Å²) in [4.78, 5) is 16.4. The Kier molecular flexibility index (Phi) is 4.27. The molecule has 1 amide bonds. The standard InChI is InChI=1S/C19H18N4O3/c1-13(15-4-7-17-18(10-15)26-9-8-25-17)22-19(24)14-2-5-16(6-3-14)23-12-20-11-21-23/h2-7,10-13H,8-9H2,1H3,(H,22,24). The Morgan fingerprint density at radius 2 is 1.88 bits per heavy atom. The van der Waals surface area contributed by atoms with Crippen molar-refractivity contribution in [2.45, 2.75) is 13.0 Å². The second kappa shape index (κ2) is 6.87. The fourth-order valence-electron chi connectivity index (χ4n) is 2.80. The van der Waals surface area contributed by atoms with Gasteiger partial charge in [0.15, 0.2) is 11.5 Å². The first-order valence-electron chi connectivity index (χ1n) is 8.36. The number of rotatable bonds is 4. The molecule has 1 N–H and O–H groups in total. The maximum atomic E-state index is 12.5. The van der Waals surface area contributed by atoms with Crippen molar-refractivity contribution in [3.05, 3.63) is 66.2 Å². The average molecular weight is 350 g/mol. The van der Waals surface area contributed by atoms with Crippen LogP contribution in [-0.2, 0) is 0 Å². The highest BCUT2D eigenvalue weighted by atomic mass is 16.6.